The quantitative estimate of drug-likeness (QED) is 0.400. The molecule has 3 heterocycles. The van der Waals surface area contributed by atoms with Gasteiger partial charge in [0.15, 0.2) is 5.82 Å². The molecule has 0 unspecified atom stereocenters. The minimum Gasteiger partial charge on any atom is -0.360 e. The number of fused-ring (bicyclic) bond motifs is 2. The number of anilines is 1. The van der Waals surface area contributed by atoms with Crippen LogP contribution in [0, 0.1) is 6.92 Å². The molecule has 3 aromatic heterocycles. The van der Waals surface area contributed by atoms with Crippen LogP contribution in [0.1, 0.15) is 24.5 Å². The van der Waals surface area contributed by atoms with Gasteiger partial charge in [-0.25, -0.2) is 9.97 Å². The van der Waals surface area contributed by atoms with Crippen molar-refractivity contribution in [2.24, 2.45) is 0 Å². The number of nitrogens with zero attached hydrogens (tertiary/aromatic N) is 4. The van der Waals surface area contributed by atoms with E-state index in [0.29, 0.717) is 27.6 Å². The van der Waals surface area contributed by atoms with Crippen molar-refractivity contribution in [3.05, 3.63) is 99.8 Å². The molecule has 0 amide bonds. The van der Waals surface area contributed by atoms with Gasteiger partial charge in [-0.3, -0.25) is 14.3 Å². The Morgan fingerprint density at radius 2 is 1.81 bits per heavy atom. The van der Waals surface area contributed by atoms with Crippen molar-refractivity contribution in [1.82, 2.24) is 19.5 Å². The lowest BCUT2D eigenvalue weighted by Gasteiger charge is -2.22. The van der Waals surface area contributed by atoms with Gasteiger partial charge in [-0.2, -0.15) is 0 Å². The first kappa shape index (κ1) is 20.2. The van der Waals surface area contributed by atoms with Crippen molar-refractivity contribution in [2.75, 3.05) is 5.32 Å². The summed E-state index contributed by atoms with van der Waals surface area (Å²) in [7, 11) is 0. The molecule has 0 spiro atoms. The molecule has 0 aliphatic heterocycles. The molecule has 0 saturated heterocycles. The van der Waals surface area contributed by atoms with Crippen LogP contribution >= 0.6 is 11.6 Å². The Labute approximate surface area is 189 Å². The summed E-state index contributed by atoms with van der Waals surface area (Å²) in [6.45, 7) is 3.84. The van der Waals surface area contributed by atoms with Gasteiger partial charge in [0.2, 0.25) is 0 Å². The molecule has 5 rings (SSSR count). The smallest absolute Gasteiger partial charge is 0.264 e. The van der Waals surface area contributed by atoms with Crippen molar-refractivity contribution < 1.29 is 0 Å². The molecule has 2 aromatic carbocycles. The molecular formula is C25H20ClN5O. The SMILES string of the molecule is Cc1nc(N[C@@H](C)c2cc3cccc(Cl)c3c(=O)n2-c2ccccc2)c2ncccc2n1. The topological polar surface area (TPSA) is 72.7 Å². The Morgan fingerprint density at radius 1 is 1.00 bits per heavy atom. The lowest BCUT2D eigenvalue weighted by atomic mass is 10.1. The maximum absolute atomic E-state index is 13.6. The lowest BCUT2D eigenvalue weighted by molar-refractivity contribution is 0.773. The fourth-order valence-electron chi connectivity index (χ4n) is 3.96. The molecule has 32 heavy (non-hydrogen) atoms. The van der Waals surface area contributed by atoms with E-state index < -0.39 is 0 Å². The van der Waals surface area contributed by atoms with Crippen molar-refractivity contribution in [1.29, 1.82) is 0 Å². The van der Waals surface area contributed by atoms with Crippen LogP contribution in [0.3, 0.4) is 0 Å². The largest absolute Gasteiger partial charge is 0.360 e. The Balaban J connectivity index is 1.71. The number of nitrogens with one attached hydrogen (secondary N) is 1. The standard InChI is InChI=1S/C25H20ClN5O/c1-15(28-24-23-20(12-7-13-27-23)29-16(2)30-24)21-14-17-8-6-11-19(26)22(17)25(32)31(21)18-9-4-3-5-10-18/h3-15H,1-2H3,(H,28,29,30)/t15-/m0/s1. The summed E-state index contributed by atoms with van der Waals surface area (Å²) in [6.07, 6.45) is 1.72. The van der Waals surface area contributed by atoms with Crippen LogP contribution in [0.4, 0.5) is 5.82 Å². The summed E-state index contributed by atoms with van der Waals surface area (Å²) in [5, 5.41) is 5.18. The zero-order chi connectivity index (χ0) is 22.2. The summed E-state index contributed by atoms with van der Waals surface area (Å²) in [5.74, 6) is 1.27. The second-order valence-electron chi connectivity index (χ2n) is 7.61. The van der Waals surface area contributed by atoms with Crippen LogP contribution in [0.2, 0.25) is 5.02 Å². The van der Waals surface area contributed by atoms with Crippen LogP contribution < -0.4 is 10.9 Å². The highest BCUT2D eigenvalue weighted by Crippen LogP contribution is 2.28. The third-order valence-corrected chi connectivity index (χ3v) is 5.72. The number of benzene rings is 2. The number of aryl methyl sites for hydroxylation is 1. The highest BCUT2D eigenvalue weighted by Gasteiger charge is 2.19. The second kappa shape index (κ2) is 8.05. The zero-order valence-electron chi connectivity index (χ0n) is 17.6. The van der Waals surface area contributed by atoms with Gasteiger partial charge in [0.25, 0.3) is 5.56 Å². The van der Waals surface area contributed by atoms with Gasteiger partial charge in [0.1, 0.15) is 11.3 Å². The highest BCUT2D eigenvalue weighted by molar-refractivity contribution is 6.35. The number of para-hydroxylation sites is 1. The van der Waals surface area contributed by atoms with Gasteiger partial charge in [0, 0.05) is 17.6 Å². The van der Waals surface area contributed by atoms with Crippen LogP contribution in [0.15, 0.2) is 77.7 Å². The molecule has 0 radical (unpaired) electrons. The van der Waals surface area contributed by atoms with E-state index in [0.717, 1.165) is 22.3 Å². The summed E-state index contributed by atoms with van der Waals surface area (Å²) >= 11 is 6.41. The van der Waals surface area contributed by atoms with Gasteiger partial charge in [-0.15, -0.1) is 0 Å². The molecule has 1 atom stereocenters. The minimum atomic E-state index is -0.259. The first-order chi connectivity index (χ1) is 15.5. The third kappa shape index (κ3) is 3.48. The van der Waals surface area contributed by atoms with E-state index in [1.54, 1.807) is 16.8 Å². The molecule has 158 valence electrons. The maximum atomic E-state index is 13.6. The van der Waals surface area contributed by atoms with Gasteiger partial charge in [0.05, 0.1) is 22.0 Å². The number of hydrogen-bond donors (Lipinski definition) is 1. The molecule has 6 nitrogen and oxygen atoms in total. The van der Waals surface area contributed by atoms with E-state index in [9.17, 15) is 4.79 Å². The van der Waals surface area contributed by atoms with E-state index in [4.69, 9.17) is 11.6 Å². The molecule has 0 saturated carbocycles. The van der Waals surface area contributed by atoms with Crippen LogP contribution in [0.5, 0.6) is 0 Å². The number of pyridine rings is 2. The highest BCUT2D eigenvalue weighted by atomic mass is 35.5. The fourth-order valence-corrected chi connectivity index (χ4v) is 4.23. The number of rotatable bonds is 4. The van der Waals surface area contributed by atoms with Crippen molar-refractivity contribution in [3.8, 4) is 5.69 Å². The van der Waals surface area contributed by atoms with Crippen molar-refractivity contribution in [3.63, 3.8) is 0 Å². The van der Waals surface area contributed by atoms with Gasteiger partial charge in [-0.1, -0.05) is 41.9 Å². The van der Waals surface area contributed by atoms with Crippen LogP contribution in [-0.2, 0) is 0 Å². The fraction of sp³-hybridized carbons (Fsp3) is 0.120. The molecule has 0 aliphatic rings. The predicted molar refractivity (Wildman–Crippen MR) is 129 cm³/mol. The monoisotopic (exact) mass is 441 g/mol. The third-order valence-electron chi connectivity index (χ3n) is 5.40. The maximum Gasteiger partial charge on any atom is 0.264 e. The summed E-state index contributed by atoms with van der Waals surface area (Å²) in [5.41, 5.74) is 2.84. The zero-order valence-corrected chi connectivity index (χ0v) is 18.3. The Kier molecular flexibility index (Phi) is 5.07. The van der Waals surface area contributed by atoms with E-state index >= 15 is 0 Å². The Morgan fingerprint density at radius 3 is 2.62 bits per heavy atom. The second-order valence-corrected chi connectivity index (χ2v) is 8.01. The van der Waals surface area contributed by atoms with Gasteiger partial charge < -0.3 is 5.32 Å². The Bertz CT molecular complexity index is 1510. The number of aromatic nitrogens is 4. The first-order valence-corrected chi connectivity index (χ1v) is 10.7. The molecule has 0 bridgehead atoms. The van der Waals surface area contributed by atoms with E-state index in [1.807, 2.05) is 74.5 Å². The van der Waals surface area contributed by atoms with E-state index in [2.05, 4.69) is 20.3 Å². The average molecular weight is 442 g/mol. The lowest BCUT2D eigenvalue weighted by Crippen LogP contribution is -2.26. The van der Waals surface area contributed by atoms with E-state index in [-0.39, 0.29) is 11.6 Å². The van der Waals surface area contributed by atoms with E-state index in [1.165, 1.54) is 0 Å². The summed E-state index contributed by atoms with van der Waals surface area (Å²) in [6, 6.07) is 20.5. The van der Waals surface area contributed by atoms with Crippen molar-refractivity contribution >= 4 is 39.2 Å². The van der Waals surface area contributed by atoms with Crippen LogP contribution in [-0.4, -0.2) is 19.5 Å². The first-order valence-electron chi connectivity index (χ1n) is 10.3. The summed E-state index contributed by atoms with van der Waals surface area (Å²) in [4.78, 5) is 27.1. The average Bonchev–Trinajstić information content (AvgIpc) is 2.79. The molecule has 1 N–H and O–H groups in total. The molecular weight excluding hydrogens is 422 g/mol. The van der Waals surface area contributed by atoms with Gasteiger partial charge >= 0.3 is 0 Å². The molecule has 0 aliphatic carbocycles. The number of hydrogen-bond acceptors (Lipinski definition) is 5. The van der Waals surface area contributed by atoms with Crippen molar-refractivity contribution in [2.45, 2.75) is 19.9 Å². The molecule has 5 aromatic rings. The molecule has 7 heteroatoms. The summed E-state index contributed by atoms with van der Waals surface area (Å²) < 4.78 is 1.70. The van der Waals surface area contributed by atoms with Gasteiger partial charge in [-0.05, 0) is 55.6 Å². The minimum absolute atomic E-state index is 0.162. The number of halogens is 1. The van der Waals surface area contributed by atoms with Crippen LogP contribution in [0.25, 0.3) is 27.5 Å². The predicted octanol–water partition coefficient (Wildman–Crippen LogP) is 5.46. The molecule has 0 fully saturated rings. The normalized spacial score (nSPS) is 12.2. The Hall–Kier alpha value is -3.77.